The number of hydrogen-bond donors (Lipinski definition) is 2. The van der Waals surface area contributed by atoms with Gasteiger partial charge in [-0.05, 0) is 35.9 Å². The van der Waals surface area contributed by atoms with Gasteiger partial charge in [0.15, 0.2) is 0 Å². The Morgan fingerprint density at radius 1 is 1.08 bits per heavy atom. The average molecular weight is 373 g/mol. The summed E-state index contributed by atoms with van der Waals surface area (Å²) in [7, 11) is 0. The molecule has 0 aliphatic carbocycles. The number of aromatic nitrogens is 2. The molecule has 0 aliphatic rings. The van der Waals surface area contributed by atoms with Crippen molar-refractivity contribution in [1.82, 2.24) is 9.97 Å². The molecule has 0 radical (unpaired) electrons. The Morgan fingerprint density at radius 2 is 1.92 bits per heavy atom. The lowest BCUT2D eigenvalue weighted by Crippen LogP contribution is -2.16. The Morgan fingerprint density at radius 3 is 2.56 bits per heavy atom. The molecule has 3 N–H and O–H groups in total. The van der Waals surface area contributed by atoms with Crippen LogP contribution < -0.4 is 11.1 Å². The van der Waals surface area contributed by atoms with Crippen LogP contribution in [0.5, 0.6) is 0 Å². The molecule has 25 heavy (non-hydrogen) atoms. The number of nitrogens with zero attached hydrogens (tertiary/aromatic N) is 2. The first-order valence-corrected chi connectivity index (χ1v) is 8.18. The molecule has 1 unspecified atom stereocenters. The third-order valence-electron chi connectivity index (χ3n) is 3.57. The Kier molecular flexibility index (Phi) is 5.16. The van der Waals surface area contributed by atoms with Crippen LogP contribution in [-0.2, 0) is 0 Å². The number of primary amides is 1. The lowest BCUT2D eigenvalue weighted by atomic mass is 10.0. The number of nitrogens with one attached hydrogen (secondary N) is 1. The maximum Gasteiger partial charge on any atom is 0.250 e. The largest absolute Gasteiger partial charge is 0.366 e. The van der Waals surface area contributed by atoms with Crippen molar-refractivity contribution in [2.24, 2.45) is 5.73 Å². The number of benzene rings is 1. The summed E-state index contributed by atoms with van der Waals surface area (Å²) in [6, 6.07) is 14.2. The van der Waals surface area contributed by atoms with Crippen LogP contribution >= 0.6 is 23.2 Å². The van der Waals surface area contributed by atoms with E-state index in [1.54, 1.807) is 12.3 Å². The maximum atomic E-state index is 11.2. The molecule has 1 amide bonds. The van der Waals surface area contributed by atoms with Gasteiger partial charge >= 0.3 is 0 Å². The van der Waals surface area contributed by atoms with Gasteiger partial charge in [0.25, 0.3) is 0 Å². The van der Waals surface area contributed by atoms with Crippen molar-refractivity contribution in [3.05, 3.63) is 87.8 Å². The molecular formula is C18H14Cl2N4O. The van der Waals surface area contributed by atoms with Crippen molar-refractivity contribution in [1.29, 1.82) is 0 Å². The van der Waals surface area contributed by atoms with Crippen LogP contribution in [0.25, 0.3) is 0 Å². The summed E-state index contributed by atoms with van der Waals surface area (Å²) in [6.07, 6.45) is 3.09. The van der Waals surface area contributed by atoms with Crippen molar-refractivity contribution in [2.45, 2.75) is 6.04 Å². The van der Waals surface area contributed by atoms with Crippen LogP contribution in [0.4, 0.5) is 5.82 Å². The Balaban J connectivity index is 2.00. The molecule has 0 fully saturated rings. The Bertz CT molecular complexity index is 903. The van der Waals surface area contributed by atoms with E-state index in [9.17, 15) is 4.79 Å². The van der Waals surface area contributed by atoms with Gasteiger partial charge in [-0.2, -0.15) is 0 Å². The summed E-state index contributed by atoms with van der Waals surface area (Å²) in [6.45, 7) is 0. The minimum atomic E-state index is -0.586. The number of hydrogen-bond acceptors (Lipinski definition) is 4. The Hall–Kier alpha value is -2.63. The number of rotatable bonds is 5. The average Bonchev–Trinajstić information content (AvgIpc) is 2.61. The fraction of sp³-hybridized carbons (Fsp3) is 0.0556. The van der Waals surface area contributed by atoms with E-state index in [2.05, 4.69) is 15.3 Å². The molecule has 0 saturated carbocycles. The number of pyridine rings is 2. The van der Waals surface area contributed by atoms with Crippen LogP contribution in [0.1, 0.15) is 27.7 Å². The van der Waals surface area contributed by atoms with E-state index in [1.807, 2.05) is 36.4 Å². The smallest absolute Gasteiger partial charge is 0.250 e. The third kappa shape index (κ3) is 4.07. The van der Waals surface area contributed by atoms with Gasteiger partial charge in [-0.1, -0.05) is 41.4 Å². The first-order chi connectivity index (χ1) is 12.0. The molecule has 7 heteroatoms. The lowest BCUT2D eigenvalue weighted by Gasteiger charge is -2.20. The first-order valence-electron chi connectivity index (χ1n) is 7.43. The Labute approximate surface area is 154 Å². The fourth-order valence-corrected chi connectivity index (χ4v) is 2.80. The quantitative estimate of drug-likeness (QED) is 0.706. The summed E-state index contributed by atoms with van der Waals surface area (Å²) < 4.78 is 0. The number of halogens is 2. The molecule has 2 heterocycles. The monoisotopic (exact) mass is 372 g/mol. The van der Waals surface area contributed by atoms with Gasteiger partial charge in [-0.15, -0.1) is 0 Å². The second-order valence-corrected chi connectivity index (χ2v) is 6.15. The van der Waals surface area contributed by atoms with E-state index < -0.39 is 5.91 Å². The van der Waals surface area contributed by atoms with Crippen molar-refractivity contribution in [3.63, 3.8) is 0 Å². The van der Waals surface area contributed by atoms with E-state index in [1.165, 1.54) is 12.3 Å². The molecule has 1 atom stereocenters. The highest BCUT2D eigenvalue weighted by Gasteiger charge is 2.18. The van der Waals surface area contributed by atoms with E-state index in [-0.39, 0.29) is 11.6 Å². The molecule has 2 aromatic heterocycles. The van der Waals surface area contributed by atoms with Crippen molar-refractivity contribution in [2.75, 3.05) is 5.32 Å². The van der Waals surface area contributed by atoms with Crippen LogP contribution in [-0.4, -0.2) is 15.9 Å². The number of amides is 1. The minimum Gasteiger partial charge on any atom is -0.366 e. The van der Waals surface area contributed by atoms with Crippen molar-refractivity contribution >= 4 is 34.9 Å². The predicted octanol–water partition coefficient (Wildman–Crippen LogP) is 4.08. The standard InChI is InChI=1S/C18H14Cl2N4O/c19-13-5-3-4-11(8-13)16(15-6-1-2-7-22-15)24-18-14(20)9-12(10-23-18)17(21)25/h1-10,16H,(H2,21,25)(H,23,24). The van der Waals surface area contributed by atoms with Crippen LogP contribution in [0.2, 0.25) is 10.0 Å². The maximum absolute atomic E-state index is 11.2. The lowest BCUT2D eigenvalue weighted by molar-refractivity contribution is 0.1000. The first kappa shape index (κ1) is 17.2. The second-order valence-electron chi connectivity index (χ2n) is 5.31. The van der Waals surface area contributed by atoms with E-state index in [0.29, 0.717) is 15.9 Å². The van der Waals surface area contributed by atoms with Gasteiger partial charge < -0.3 is 11.1 Å². The molecule has 1 aromatic carbocycles. The SMILES string of the molecule is NC(=O)c1cnc(NC(c2cccc(Cl)c2)c2ccccn2)c(Cl)c1. The minimum absolute atomic E-state index is 0.243. The predicted molar refractivity (Wildman–Crippen MR) is 98.9 cm³/mol. The summed E-state index contributed by atoms with van der Waals surface area (Å²) in [4.78, 5) is 19.9. The zero-order valence-corrected chi connectivity index (χ0v) is 14.5. The number of nitrogens with two attached hydrogens (primary N) is 1. The summed E-state index contributed by atoms with van der Waals surface area (Å²) in [5.41, 5.74) is 7.18. The highest BCUT2D eigenvalue weighted by Crippen LogP contribution is 2.29. The highest BCUT2D eigenvalue weighted by atomic mass is 35.5. The van der Waals surface area contributed by atoms with Gasteiger partial charge in [0.2, 0.25) is 5.91 Å². The molecule has 3 aromatic rings. The van der Waals surface area contributed by atoms with E-state index >= 15 is 0 Å². The van der Waals surface area contributed by atoms with Gasteiger partial charge in [-0.25, -0.2) is 4.98 Å². The molecule has 0 saturated heterocycles. The molecule has 5 nitrogen and oxygen atoms in total. The van der Waals surface area contributed by atoms with Gasteiger partial charge in [0.1, 0.15) is 5.82 Å². The molecular weight excluding hydrogens is 359 g/mol. The topological polar surface area (TPSA) is 80.9 Å². The highest BCUT2D eigenvalue weighted by molar-refractivity contribution is 6.33. The number of carbonyl (C=O) groups excluding carboxylic acids is 1. The summed E-state index contributed by atoms with van der Waals surface area (Å²) in [5, 5.41) is 4.16. The number of carbonyl (C=O) groups is 1. The van der Waals surface area contributed by atoms with Crippen LogP contribution in [0.3, 0.4) is 0 Å². The fourth-order valence-electron chi connectivity index (χ4n) is 2.38. The molecule has 126 valence electrons. The third-order valence-corrected chi connectivity index (χ3v) is 4.10. The van der Waals surface area contributed by atoms with Crippen molar-refractivity contribution < 1.29 is 4.79 Å². The van der Waals surface area contributed by atoms with Crippen LogP contribution in [0, 0.1) is 0 Å². The molecule has 0 spiro atoms. The number of anilines is 1. The summed E-state index contributed by atoms with van der Waals surface area (Å²) >= 11 is 12.4. The van der Waals surface area contributed by atoms with Gasteiger partial charge in [0, 0.05) is 17.4 Å². The van der Waals surface area contributed by atoms with Gasteiger partial charge in [-0.3, -0.25) is 9.78 Å². The molecule has 0 aliphatic heterocycles. The molecule has 3 rings (SSSR count). The van der Waals surface area contributed by atoms with Gasteiger partial charge in [0.05, 0.1) is 22.3 Å². The van der Waals surface area contributed by atoms with E-state index in [4.69, 9.17) is 28.9 Å². The zero-order valence-electron chi connectivity index (χ0n) is 13.0. The normalized spacial score (nSPS) is 11.8. The second kappa shape index (κ2) is 7.51. The van der Waals surface area contributed by atoms with E-state index in [0.717, 1.165) is 11.3 Å². The zero-order chi connectivity index (χ0) is 17.8. The summed E-state index contributed by atoms with van der Waals surface area (Å²) in [5.74, 6) is -0.167. The van der Waals surface area contributed by atoms with Crippen LogP contribution in [0.15, 0.2) is 60.9 Å². The molecule has 0 bridgehead atoms. The van der Waals surface area contributed by atoms with Crippen molar-refractivity contribution in [3.8, 4) is 0 Å².